The molecule has 24 heavy (non-hydrogen) atoms. The number of benzene rings is 2. The van der Waals surface area contributed by atoms with Gasteiger partial charge in [0.15, 0.2) is 5.82 Å². The third-order valence-electron chi connectivity index (χ3n) is 4.11. The Labute approximate surface area is 140 Å². The third-order valence-corrected chi connectivity index (χ3v) is 4.11. The van der Waals surface area contributed by atoms with Crippen molar-refractivity contribution in [1.82, 2.24) is 9.55 Å². The molecule has 3 aromatic rings. The molecule has 0 saturated carbocycles. The normalized spacial score (nSPS) is 12.3. The predicted octanol–water partition coefficient (Wildman–Crippen LogP) is 2.04. The van der Waals surface area contributed by atoms with Crippen molar-refractivity contribution in [3.8, 4) is 11.4 Å². The number of ether oxygens (including phenoxy) is 1. The molecule has 0 saturated heterocycles. The molecule has 2 aromatic carbocycles. The maximum Gasteiger partial charge on any atom is 0.266 e. The van der Waals surface area contributed by atoms with Gasteiger partial charge in [0.1, 0.15) is 11.8 Å². The minimum absolute atomic E-state index is 0.0477. The summed E-state index contributed by atoms with van der Waals surface area (Å²) >= 11 is 0. The molecule has 2 N–H and O–H groups in total. The van der Waals surface area contributed by atoms with Crippen LogP contribution in [0.25, 0.3) is 16.6 Å². The smallest absolute Gasteiger partial charge is 0.266 e. The van der Waals surface area contributed by atoms with Gasteiger partial charge in [-0.1, -0.05) is 12.1 Å². The molecule has 0 spiro atoms. The number of fused-ring (bicyclic) bond motifs is 1. The second-order valence-corrected chi connectivity index (χ2v) is 5.68. The van der Waals surface area contributed by atoms with E-state index >= 15 is 0 Å². The molecule has 1 atom stereocenters. The predicted molar refractivity (Wildman–Crippen MR) is 94.8 cm³/mol. The molecule has 1 aromatic heterocycles. The van der Waals surface area contributed by atoms with Crippen LogP contribution in [0.15, 0.2) is 53.3 Å². The van der Waals surface area contributed by atoms with Crippen LogP contribution < -0.4 is 15.6 Å². The molecule has 3 rings (SSSR count). The third kappa shape index (κ3) is 2.90. The monoisotopic (exact) mass is 324 g/mol. The van der Waals surface area contributed by atoms with E-state index in [-0.39, 0.29) is 11.6 Å². The fourth-order valence-electron chi connectivity index (χ4n) is 2.71. The quantitative estimate of drug-likeness (QED) is 0.781. The van der Waals surface area contributed by atoms with Gasteiger partial charge in [-0.3, -0.25) is 9.36 Å². The van der Waals surface area contributed by atoms with Gasteiger partial charge in [-0.15, -0.1) is 0 Å². The highest BCUT2D eigenvalue weighted by Gasteiger charge is 2.18. The van der Waals surface area contributed by atoms with E-state index in [1.165, 1.54) is 0 Å². The Morgan fingerprint density at radius 3 is 2.54 bits per heavy atom. The second kappa shape index (κ2) is 6.84. The van der Waals surface area contributed by atoms with Crippen molar-refractivity contribution in [2.45, 2.75) is 19.9 Å². The van der Waals surface area contributed by atoms with Gasteiger partial charge in [-0.25, -0.2) is 4.98 Å². The van der Waals surface area contributed by atoms with Gasteiger partial charge < -0.3 is 10.1 Å². The Balaban J connectivity index is 2.24. The van der Waals surface area contributed by atoms with Crippen LogP contribution in [0.1, 0.15) is 25.7 Å². The molecule has 0 fully saturated rings. The number of quaternary nitrogens is 1. The lowest BCUT2D eigenvalue weighted by Gasteiger charge is -2.16. The topological polar surface area (TPSA) is 60.7 Å². The first-order valence-electron chi connectivity index (χ1n) is 8.20. The summed E-state index contributed by atoms with van der Waals surface area (Å²) in [5, 5.41) is 2.67. The Bertz CT molecular complexity index is 901. The highest BCUT2D eigenvalue weighted by atomic mass is 16.5. The summed E-state index contributed by atoms with van der Waals surface area (Å²) in [5.41, 5.74) is 1.48. The first-order chi connectivity index (χ1) is 11.7. The fourth-order valence-corrected chi connectivity index (χ4v) is 2.71. The largest absolute Gasteiger partial charge is 0.494 e. The van der Waals surface area contributed by atoms with E-state index in [1.807, 2.05) is 74.7 Å². The van der Waals surface area contributed by atoms with Crippen LogP contribution in [0.3, 0.4) is 0 Å². The highest BCUT2D eigenvalue weighted by molar-refractivity contribution is 5.77. The number of aromatic nitrogens is 2. The zero-order valence-corrected chi connectivity index (χ0v) is 14.2. The first kappa shape index (κ1) is 16.2. The zero-order valence-electron chi connectivity index (χ0n) is 14.2. The van der Waals surface area contributed by atoms with Crippen LogP contribution in [-0.4, -0.2) is 23.2 Å². The fraction of sp³-hybridized carbons (Fsp3) is 0.263. The molecule has 0 radical (unpaired) electrons. The lowest BCUT2D eigenvalue weighted by Crippen LogP contribution is -2.80. The van der Waals surface area contributed by atoms with Crippen LogP contribution in [0.5, 0.6) is 5.75 Å². The molecular weight excluding hydrogens is 302 g/mol. The summed E-state index contributed by atoms with van der Waals surface area (Å²) in [4.78, 5) is 17.8. The standard InChI is InChI=1S/C19H21N3O2/c1-4-24-15-11-9-14(10-12-15)22-18(13(2)20-3)21-17-8-6-5-7-16(17)19(22)23/h5-13,20H,4H2,1-3H3/p+1/t13-/m1/s1. The molecule has 0 aliphatic carbocycles. The molecule has 1 heterocycles. The summed E-state index contributed by atoms with van der Waals surface area (Å²) in [6.07, 6.45) is 0. The summed E-state index contributed by atoms with van der Waals surface area (Å²) in [6.45, 7) is 4.61. The van der Waals surface area contributed by atoms with Crippen LogP contribution >= 0.6 is 0 Å². The van der Waals surface area contributed by atoms with E-state index < -0.39 is 0 Å². The molecule has 5 heteroatoms. The maximum absolute atomic E-state index is 13.1. The Kier molecular flexibility index (Phi) is 4.62. The molecular formula is C19H22N3O2+. The average Bonchev–Trinajstić information content (AvgIpc) is 2.62. The lowest BCUT2D eigenvalue weighted by atomic mass is 10.2. The number of para-hydroxylation sites is 1. The Morgan fingerprint density at radius 2 is 1.88 bits per heavy atom. The van der Waals surface area contributed by atoms with Gasteiger partial charge in [0.2, 0.25) is 0 Å². The molecule has 5 nitrogen and oxygen atoms in total. The van der Waals surface area contributed by atoms with E-state index in [2.05, 4.69) is 0 Å². The highest BCUT2D eigenvalue weighted by Crippen LogP contribution is 2.19. The summed E-state index contributed by atoms with van der Waals surface area (Å²) in [6, 6.07) is 15.1. The summed E-state index contributed by atoms with van der Waals surface area (Å²) < 4.78 is 7.18. The van der Waals surface area contributed by atoms with Crippen LogP contribution in [-0.2, 0) is 0 Å². The molecule has 0 bridgehead atoms. The van der Waals surface area contributed by atoms with Crippen molar-refractivity contribution >= 4 is 10.9 Å². The van der Waals surface area contributed by atoms with Gasteiger partial charge in [-0.2, -0.15) is 0 Å². The average molecular weight is 324 g/mol. The lowest BCUT2D eigenvalue weighted by molar-refractivity contribution is -0.668. The number of hydrogen-bond acceptors (Lipinski definition) is 3. The van der Waals surface area contributed by atoms with Crippen molar-refractivity contribution in [2.24, 2.45) is 0 Å². The maximum atomic E-state index is 13.1. The molecule has 0 aliphatic heterocycles. The zero-order chi connectivity index (χ0) is 17.1. The van der Waals surface area contributed by atoms with E-state index in [4.69, 9.17) is 9.72 Å². The molecule has 124 valence electrons. The number of hydrogen-bond donors (Lipinski definition) is 1. The van der Waals surface area contributed by atoms with E-state index in [9.17, 15) is 4.79 Å². The van der Waals surface area contributed by atoms with Gasteiger partial charge in [-0.05, 0) is 50.2 Å². The van der Waals surface area contributed by atoms with Crippen LogP contribution in [0.4, 0.5) is 0 Å². The van der Waals surface area contributed by atoms with E-state index in [0.29, 0.717) is 12.0 Å². The summed E-state index contributed by atoms with van der Waals surface area (Å²) in [5.74, 6) is 1.53. The van der Waals surface area contributed by atoms with Gasteiger partial charge >= 0.3 is 0 Å². The van der Waals surface area contributed by atoms with E-state index in [0.717, 1.165) is 22.8 Å². The van der Waals surface area contributed by atoms with E-state index in [1.54, 1.807) is 4.57 Å². The SMILES string of the molecule is CCOc1ccc(-n2c([C@@H](C)[NH2+]C)nc3ccccc3c2=O)cc1. The van der Waals surface area contributed by atoms with Crippen LogP contribution in [0.2, 0.25) is 0 Å². The first-order valence-corrected chi connectivity index (χ1v) is 8.20. The van der Waals surface area contributed by atoms with Gasteiger partial charge in [0.25, 0.3) is 5.56 Å². The Morgan fingerprint density at radius 1 is 1.17 bits per heavy atom. The van der Waals surface area contributed by atoms with Crippen molar-refractivity contribution in [2.75, 3.05) is 13.7 Å². The molecule has 0 amide bonds. The molecule has 0 unspecified atom stereocenters. The van der Waals surface area contributed by atoms with Crippen molar-refractivity contribution in [3.05, 3.63) is 64.7 Å². The van der Waals surface area contributed by atoms with Crippen molar-refractivity contribution < 1.29 is 10.1 Å². The Hall–Kier alpha value is -2.66. The minimum Gasteiger partial charge on any atom is -0.494 e. The minimum atomic E-state index is -0.0477. The van der Waals surface area contributed by atoms with Gasteiger partial charge in [0.05, 0.1) is 30.2 Å². The van der Waals surface area contributed by atoms with Crippen molar-refractivity contribution in [3.63, 3.8) is 0 Å². The van der Waals surface area contributed by atoms with Crippen molar-refractivity contribution in [1.29, 1.82) is 0 Å². The van der Waals surface area contributed by atoms with Crippen LogP contribution in [0, 0.1) is 0 Å². The number of nitrogens with two attached hydrogens (primary N) is 1. The summed E-state index contributed by atoms with van der Waals surface area (Å²) in [7, 11) is 1.98. The number of nitrogens with zero attached hydrogens (tertiary/aromatic N) is 2. The second-order valence-electron chi connectivity index (χ2n) is 5.68. The van der Waals surface area contributed by atoms with Gasteiger partial charge in [0, 0.05) is 0 Å². The number of rotatable bonds is 5. The molecule has 0 aliphatic rings.